The van der Waals surface area contributed by atoms with Gasteiger partial charge in [0.25, 0.3) is 11.8 Å². The molecule has 10 nitrogen and oxygen atoms in total. The molecule has 0 spiro atoms. The van der Waals surface area contributed by atoms with E-state index in [4.69, 9.17) is 5.73 Å². The number of anilines is 1. The highest BCUT2D eigenvalue weighted by atomic mass is 32.1. The predicted molar refractivity (Wildman–Crippen MR) is 128 cm³/mol. The van der Waals surface area contributed by atoms with Crippen LogP contribution in [0, 0.1) is 0 Å². The Morgan fingerprint density at radius 1 is 1.21 bits per heavy atom. The number of H-pyrrole nitrogens is 1. The molecule has 0 bridgehead atoms. The second-order valence-corrected chi connectivity index (χ2v) is 8.70. The number of aryl methyl sites for hydroxylation is 1. The molecule has 33 heavy (non-hydrogen) atoms. The minimum atomic E-state index is -1.06. The maximum absolute atomic E-state index is 12.8. The topological polar surface area (TPSA) is 153 Å². The number of aromatic amines is 1. The summed E-state index contributed by atoms with van der Waals surface area (Å²) in [4.78, 5) is 45.8. The Labute approximate surface area is 195 Å². The Bertz CT molecular complexity index is 1150. The Morgan fingerprint density at radius 3 is 2.70 bits per heavy atom. The van der Waals surface area contributed by atoms with Gasteiger partial charge in [-0.15, -0.1) is 11.3 Å². The molecule has 11 heteroatoms. The van der Waals surface area contributed by atoms with Crippen LogP contribution in [0.5, 0.6) is 0 Å². The normalized spacial score (nSPS) is 11.2. The summed E-state index contributed by atoms with van der Waals surface area (Å²) in [6.45, 7) is 1.84. The van der Waals surface area contributed by atoms with E-state index in [9.17, 15) is 19.5 Å². The lowest BCUT2D eigenvalue weighted by Crippen LogP contribution is -2.27. The summed E-state index contributed by atoms with van der Waals surface area (Å²) in [6, 6.07) is 4.95. The van der Waals surface area contributed by atoms with Crippen LogP contribution >= 0.6 is 11.3 Å². The molecule has 176 valence electrons. The number of nitrogens with zero attached hydrogens (tertiary/aromatic N) is 2. The molecule has 0 saturated carbocycles. The molecule has 1 aromatic carbocycles. The molecule has 0 unspecified atom stereocenters. The number of amides is 2. The SMILES string of the molecule is CN(C)CCCNC(=O)c1csc(NC(=O)c2ccc3[nH]c(C(=O)O)c(CCCN)c3c2)n1. The van der Waals surface area contributed by atoms with E-state index in [0.717, 1.165) is 24.3 Å². The molecule has 0 fully saturated rings. The molecular weight excluding hydrogens is 444 g/mol. The largest absolute Gasteiger partial charge is 0.477 e. The third kappa shape index (κ3) is 6.15. The average Bonchev–Trinajstić information content (AvgIpc) is 3.39. The predicted octanol–water partition coefficient (Wildman–Crippen LogP) is 2.15. The summed E-state index contributed by atoms with van der Waals surface area (Å²) >= 11 is 1.16. The molecule has 0 radical (unpaired) electrons. The second-order valence-electron chi connectivity index (χ2n) is 7.84. The molecule has 0 saturated heterocycles. The van der Waals surface area contributed by atoms with Gasteiger partial charge in [-0.25, -0.2) is 9.78 Å². The van der Waals surface area contributed by atoms with Crippen LogP contribution in [0.25, 0.3) is 10.9 Å². The van der Waals surface area contributed by atoms with Crippen LogP contribution in [0.15, 0.2) is 23.6 Å². The lowest BCUT2D eigenvalue weighted by atomic mass is 10.0. The van der Waals surface area contributed by atoms with Crippen LogP contribution in [0.2, 0.25) is 0 Å². The molecule has 2 aromatic heterocycles. The Balaban J connectivity index is 1.71. The maximum Gasteiger partial charge on any atom is 0.352 e. The first-order chi connectivity index (χ1) is 15.8. The monoisotopic (exact) mass is 472 g/mol. The Morgan fingerprint density at radius 2 is 2.00 bits per heavy atom. The number of aromatic carboxylic acids is 1. The van der Waals surface area contributed by atoms with Crippen molar-refractivity contribution in [3.05, 3.63) is 46.1 Å². The van der Waals surface area contributed by atoms with Crippen LogP contribution in [-0.2, 0) is 6.42 Å². The number of carbonyl (C=O) groups is 3. The summed E-state index contributed by atoms with van der Waals surface area (Å²) in [5.41, 5.74) is 7.57. The molecule has 0 aliphatic rings. The second kappa shape index (κ2) is 11.0. The number of rotatable bonds is 11. The quantitative estimate of drug-likeness (QED) is 0.268. The number of thiazole rings is 1. The van der Waals surface area contributed by atoms with E-state index < -0.39 is 11.9 Å². The summed E-state index contributed by atoms with van der Waals surface area (Å²) in [6.07, 6.45) is 1.94. The first-order valence-corrected chi connectivity index (χ1v) is 11.5. The number of hydrogen-bond acceptors (Lipinski definition) is 7. The van der Waals surface area contributed by atoms with E-state index in [-0.39, 0.29) is 17.3 Å². The fourth-order valence-electron chi connectivity index (χ4n) is 3.40. The highest BCUT2D eigenvalue weighted by Crippen LogP contribution is 2.26. The van der Waals surface area contributed by atoms with Gasteiger partial charge >= 0.3 is 5.97 Å². The van der Waals surface area contributed by atoms with Gasteiger partial charge in [0.15, 0.2) is 5.13 Å². The Kier molecular flexibility index (Phi) is 8.15. The van der Waals surface area contributed by atoms with Crippen molar-refractivity contribution in [3.63, 3.8) is 0 Å². The molecule has 0 aliphatic carbocycles. The van der Waals surface area contributed by atoms with Crippen molar-refractivity contribution in [2.45, 2.75) is 19.3 Å². The van der Waals surface area contributed by atoms with Crippen molar-refractivity contribution in [1.82, 2.24) is 20.2 Å². The van der Waals surface area contributed by atoms with Crippen LogP contribution in [0.4, 0.5) is 5.13 Å². The summed E-state index contributed by atoms with van der Waals surface area (Å²) in [5, 5.41) is 17.6. The lowest BCUT2D eigenvalue weighted by Gasteiger charge is -2.09. The highest BCUT2D eigenvalue weighted by Gasteiger charge is 2.19. The van der Waals surface area contributed by atoms with E-state index in [0.29, 0.717) is 53.1 Å². The average molecular weight is 473 g/mol. The van der Waals surface area contributed by atoms with Crippen LogP contribution in [0.1, 0.15) is 49.7 Å². The molecule has 2 heterocycles. The van der Waals surface area contributed by atoms with Crippen LogP contribution in [-0.4, -0.2) is 71.5 Å². The third-order valence-electron chi connectivity index (χ3n) is 5.04. The highest BCUT2D eigenvalue weighted by molar-refractivity contribution is 7.14. The van der Waals surface area contributed by atoms with Crippen molar-refractivity contribution >= 4 is 45.2 Å². The molecular formula is C22H28N6O4S. The molecule has 0 aliphatic heterocycles. The van der Waals surface area contributed by atoms with Crippen molar-refractivity contribution < 1.29 is 19.5 Å². The van der Waals surface area contributed by atoms with Gasteiger partial charge in [-0.2, -0.15) is 0 Å². The number of nitrogens with two attached hydrogens (primary N) is 1. The third-order valence-corrected chi connectivity index (χ3v) is 5.80. The fourth-order valence-corrected chi connectivity index (χ4v) is 4.09. The number of carboxylic acids is 1. The van der Waals surface area contributed by atoms with Gasteiger partial charge in [0, 0.05) is 28.4 Å². The zero-order chi connectivity index (χ0) is 24.0. The van der Waals surface area contributed by atoms with E-state index in [2.05, 4.69) is 20.6 Å². The summed E-state index contributed by atoms with van der Waals surface area (Å²) in [5.74, 6) is -1.74. The number of nitrogens with one attached hydrogen (secondary N) is 3. The zero-order valence-electron chi connectivity index (χ0n) is 18.6. The molecule has 3 aromatic rings. The fraction of sp³-hybridized carbons (Fsp3) is 0.364. The smallest absolute Gasteiger partial charge is 0.352 e. The number of fused-ring (bicyclic) bond motifs is 1. The van der Waals surface area contributed by atoms with Gasteiger partial charge < -0.3 is 26.0 Å². The van der Waals surface area contributed by atoms with Crippen LogP contribution < -0.4 is 16.4 Å². The van der Waals surface area contributed by atoms with Crippen molar-refractivity contribution in [2.24, 2.45) is 5.73 Å². The van der Waals surface area contributed by atoms with Gasteiger partial charge in [0.2, 0.25) is 0 Å². The summed E-state index contributed by atoms with van der Waals surface area (Å²) in [7, 11) is 3.94. The maximum atomic E-state index is 12.8. The lowest BCUT2D eigenvalue weighted by molar-refractivity contribution is 0.0689. The van der Waals surface area contributed by atoms with Gasteiger partial charge in [-0.1, -0.05) is 0 Å². The van der Waals surface area contributed by atoms with Gasteiger partial charge in [-0.05, 0) is 70.2 Å². The van der Waals surface area contributed by atoms with E-state index in [1.165, 1.54) is 0 Å². The Hall–Kier alpha value is -3.28. The number of aromatic nitrogens is 2. The van der Waals surface area contributed by atoms with Crippen LogP contribution in [0.3, 0.4) is 0 Å². The molecule has 6 N–H and O–H groups in total. The van der Waals surface area contributed by atoms with E-state index in [1.807, 2.05) is 19.0 Å². The summed E-state index contributed by atoms with van der Waals surface area (Å²) < 4.78 is 0. The molecule has 2 amide bonds. The number of carboxylic acid groups (broad SMARTS) is 1. The minimum absolute atomic E-state index is 0.108. The van der Waals surface area contributed by atoms with Crippen molar-refractivity contribution in [2.75, 3.05) is 39.0 Å². The minimum Gasteiger partial charge on any atom is -0.477 e. The van der Waals surface area contributed by atoms with Crippen molar-refractivity contribution in [3.8, 4) is 0 Å². The number of hydrogen-bond donors (Lipinski definition) is 5. The van der Waals surface area contributed by atoms with E-state index >= 15 is 0 Å². The van der Waals surface area contributed by atoms with E-state index in [1.54, 1.807) is 23.6 Å². The van der Waals surface area contributed by atoms with Crippen molar-refractivity contribution in [1.29, 1.82) is 0 Å². The first kappa shape index (κ1) is 24.4. The van der Waals surface area contributed by atoms with Gasteiger partial charge in [0.1, 0.15) is 11.4 Å². The number of carbonyl (C=O) groups excluding carboxylic acids is 2. The zero-order valence-corrected chi connectivity index (χ0v) is 19.4. The molecule has 0 atom stereocenters. The number of benzene rings is 1. The van der Waals surface area contributed by atoms with Gasteiger partial charge in [-0.3, -0.25) is 14.9 Å². The molecule has 3 rings (SSSR count). The first-order valence-electron chi connectivity index (χ1n) is 10.6. The standard InChI is InChI=1S/C22H28N6O4S/c1-28(2)10-4-9-24-20(30)17-12-33-22(26-17)27-19(29)13-6-7-16-15(11-13)14(5-3-8-23)18(25-16)21(31)32/h6-7,11-12,25H,3-5,8-10,23H2,1-2H3,(H,24,30)(H,31,32)(H,26,27,29). The van der Waals surface area contributed by atoms with Gasteiger partial charge in [0.05, 0.1) is 0 Å².